The first-order chi connectivity index (χ1) is 7.99. The molecule has 0 fully saturated rings. The van der Waals surface area contributed by atoms with E-state index in [9.17, 15) is 0 Å². The van der Waals surface area contributed by atoms with Crippen LogP contribution in [0.5, 0.6) is 0 Å². The minimum absolute atomic E-state index is 0.633. The third-order valence-corrected chi connectivity index (χ3v) is 3.95. The van der Waals surface area contributed by atoms with Crippen LogP contribution in [0.15, 0.2) is 24.3 Å². The highest BCUT2D eigenvalue weighted by molar-refractivity contribution is 9.09. The van der Waals surface area contributed by atoms with Gasteiger partial charge in [0.25, 0.3) is 0 Å². The van der Waals surface area contributed by atoms with E-state index < -0.39 is 0 Å². The van der Waals surface area contributed by atoms with Crippen molar-refractivity contribution in [2.75, 3.05) is 0 Å². The molecule has 17 heavy (non-hydrogen) atoms. The lowest BCUT2D eigenvalue weighted by Gasteiger charge is -2.12. The summed E-state index contributed by atoms with van der Waals surface area (Å²) in [5.74, 6) is 1.41. The van der Waals surface area contributed by atoms with Gasteiger partial charge in [-0.05, 0) is 42.2 Å². The van der Waals surface area contributed by atoms with E-state index >= 15 is 0 Å². The molecule has 1 rings (SSSR count). The van der Waals surface area contributed by atoms with Crippen LogP contribution < -0.4 is 0 Å². The first-order valence-electron chi connectivity index (χ1n) is 6.72. The van der Waals surface area contributed by atoms with Crippen molar-refractivity contribution in [3.05, 3.63) is 35.4 Å². The number of alkyl halides is 1. The average molecular weight is 297 g/mol. The Morgan fingerprint density at radius 1 is 1.00 bits per heavy atom. The SMILES string of the molecule is CC(C)CC(Br)CCc1ccc(C(C)C)cc1. The molecule has 1 heteroatoms. The summed E-state index contributed by atoms with van der Waals surface area (Å²) in [4.78, 5) is 0.660. The molecule has 1 aromatic carbocycles. The lowest BCUT2D eigenvalue weighted by Crippen LogP contribution is -2.04. The van der Waals surface area contributed by atoms with Crippen molar-refractivity contribution >= 4 is 15.9 Å². The van der Waals surface area contributed by atoms with E-state index in [1.54, 1.807) is 0 Å². The van der Waals surface area contributed by atoms with Gasteiger partial charge < -0.3 is 0 Å². The van der Waals surface area contributed by atoms with Crippen LogP contribution in [0.4, 0.5) is 0 Å². The number of aryl methyl sites for hydroxylation is 1. The van der Waals surface area contributed by atoms with Gasteiger partial charge in [0.15, 0.2) is 0 Å². The summed E-state index contributed by atoms with van der Waals surface area (Å²) in [6, 6.07) is 9.10. The van der Waals surface area contributed by atoms with Gasteiger partial charge >= 0.3 is 0 Å². The molecule has 1 aromatic rings. The van der Waals surface area contributed by atoms with Crippen LogP contribution in [0.2, 0.25) is 0 Å². The normalized spacial score (nSPS) is 13.4. The minimum Gasteiger partial charge on any atom is -0.0890 e. The molecule has 1 atom stereocenters. The van der Waals surface area contributed by atoms with Gasteiger partial charge in [0.05, 0.1) is 0 Å². The molecule has 1 unspecified atom stereocenters. The fraction of sp³-hybridized carbons (Fsp3) is 0.625. The molecule has 96 valence electrons. The largest absolute Gasteiger partial charge is 0.0890 e. The zero-order valence-corrected chi connectivity index (χ0v) is 13.1. The molecule has 0 saturated heterocycles. The Morgan fingerprint density at radius 3 is 2.06 bits per heavy atom. The molecular weight excluding hydrogens is 272 g/mol. The summed E-state index contributed by atoms with van der Waals surface area (Å²) in [6.07, 6.45) is 3.68. The van der Waals surface area contributed by atoms with Crippen LogP contribution >= 0.6 is 15.9 Å². The van der Waals surface area contributed by atoms with Crippen LogP contribution in [0.1, 0.15) is 57.6 Å². The van der Waals surface area contributed by atoms with E-state index in [2.05, 4.69) is 67.9 Å². The van der Waals surface area contributed by atoms with E-state index in [1.165, 1.54) is 30.4 Å². The number of benzene rings is 1. The Balaban J connectivity index is 2.42. The first kappa shape index (κ1) is 14.8. The molecular formula is C16H25Br. The van der Waals surface area contributed by atoms with Crippen LogP contribution in [0.25, 0.3) is 0 Å². The Kier molecular flexibility index (Phi) is 6.26. The van der Waals surface area contributed by atoms with E-state index in [0.717, 1.165) is 5.92 Å². The van der Waals surface area contributed by atoms with Crippen LogP contribution in [0.3, 0.4) is 0 Å². The average Bonchev–Trinajstić information content (AvgIpc) is 2.26. The zero-order valence-electron chi connectivity index (χ0n) is 11.5. The quantitative estimate of drug-likeness (QED) is 0.604. The zero-order chi connectivity index (χ0) is 12.8. The number of hydrogen-bond donors (Lipinski definition) is 0. The Hall–Kier alpha value is -0.300. The third-order valence-electron chi connectivity index (χ3n) is 3.12. The van der Waals surface area contributed by atoms with Gasteiger partial charge in [-0.15, -0.1) is 0 Å². The van der Waals surface area contributed by atoms with Crippen LogP contribution in [-0.4, -0.2) is 4.83 Å². The van der Waals surface area contributed by atoms with Crippen molar-refractivity contribution in [2.24, 2.45) is 5.92 Å². The van der Waals surface area contributed by atoms with Gasteiger partial charge in [-0.2, -0.15) is 0 Å². The second-order valence-electron chi connectivity index (χ2n) is 5.66. The maximum absolute atomic E-state index is 3.77. The molecule has 0 amide bonds. The fourth-order valence-corrected chi connectivity index (χ4v) is 3.00. The smallest absolute Gasteiger partial charge is 0.0151 e. The van der Waals surface area contributed by atoms with Gasteiger partial charge in [-0.3, -0.25) is 0 Å². The molecule has 0 bridgehead atoms. The summed E-state index contributed by atoms with van der Waals surface area (Å²) in [5, 5.41) is 0. The highest BCUT2D eigenvalue weighted by atomic mass is 79.9. The molecule has 0 aromatic heterocycles. The van der Waals surface area contributed by atoms with Crippen molar-refractivity contribution in [3.63, 3.8) is 0 Å². The monoisotopic (exact) mass is 296 g/mol. The standard InChI is InChI=1S/C16H25Br/c1-12(2)11-16(17)10-7-14-5-8-15(9-6-14)13(3)4/h5-6,8-9,12-13,16H,7,10-11H2,1-4H3. The number of rotatable bonds is 6. The van der Waals surface area contributed by atoms with Crippen molar-refractivity contribution in [3.8, 4) is 0 Å². The predicted molar refractivity (Wildman–Crippen MR) is 81.0 cm³/mol. The molecule has 0 saturated carbocycles. The molecule has 0 aliphatic heterocycles. The van der Waals surface area contributed by atoms with Gasteiger partial charge in [0.2, 0.25) is 0 Å². The first-order valence-corrected chi connectivity index (χ1v) is 7.63. The lowest BCUT2D eigenvalue weighted by atomic mass is 9.98. The predicted octanol–water partition coefficient (Wildman–Crippen LogP) is 5.55. The molecule has 0 aliphatic rings. The summed E-state index contributed by atoms with van der Waals surface area (Å²) in [5.41, 5.74) is 2.90. The van der Waals surface area contributed by atoms with E-state index in [-0.39, 0.29) is 0 Å². The van der Waals surface area contributed by atoms with Gasteiger partial charge in [-0.1, -0.05) is 67.9 Å². The van der Waals surface area contributed by atoms with E-state index in [0.29, 0.717) is 10.7 Å². The molecule has 0 nitrogen and oxygen atoms in total. The van der Waals surface area contributed by atoms with Crippen LogP contribution in [-0.2, 0) is 6.42 Å². The van der Waals surface area contributed by atoms with Gasteiger partial charge in [-0.25, -0.2) is 0 Å². The van der Waals surface area contributed by atoms with Crippen LogP contribution in [0, 0.1) is 5.92 Å². The minimum atomic E-state index is 0.633. The summed E-state index contributed by atoms with van der Waals surface area (Å²) in [6.45, 7) is 9.05. The second-order valence-corrected chi connectivity index (χ2v) is 6.96. The van der Waals surface area contributed by atoms with Gasteiger partial charge in [0, 0.05) is 4.83 Å². The highest BCUT2D eigenvalue weighted by Crippen LogP contribution is 2.20. The molecule has 0 N–H and O–H groups in total. The Morgan fingerprint density at radius 2 is 1.59 bits per heavy atom. The molecule has 0 spiro atoms. The Bertz CT molecular complexity index is 311. The van der Waals surface area contributed by atoms with Crippen molar-refractivity contribution in [1.29, 1.82) is 0 Å². The number of halogens is 1. The second kappa shape index (κ2) is 7.20. The number of hydrogen-bond acceptors (Lipinski definition) is 0. The Labute approximate surface area is 115 Å². The maximum Gasteiger partial charge on any atom is 0.0151 e. The lowest BCUT2D eigenvalue weighted by molar-refractivity contribution is 0.554. The summed E-state index contributed by atoms with van der Waals surface area (Å²) >= 11 is 3.77. The van der Waals surface area contributed by atoms with Crippen molar-refractivity contribution < 1.29 is 0 Å². The topological polar surface area (TPSA) is 0 Å². The summed E-state index contributed by atoms with van der Waals surface area (Å²) in [7, 11) is 0. The third kappa shape index (κ3) is 5.72. The molecule has 0 radical (unpaired) electrons. The van der Waals surface area contributed by atoms with E-state index in [1.807, 2.05) is 0 Å². The van der Waals surface area contributed by atoms with Crippen molar-refractivity contribution in [2.45, 2.75) is 57.7 Å². The maximum atomic E-state index is 3.77. The van der Waals surface area contributed by atoms with Gasteiger partial charge in [0.1, 0.15) is 0 Å². The highest BCUT2D eigenvalue weighted by Gasteiger charge is 2.07. The van der Waals surface area contributed by atoms with Crippen molar-refractivity contribution in [1.82, 2.24) is 0 Å². The fourth-order valence-electron chi connectivity index (χ4n) is 2.02. The molecule has 0 aliphatic carbocycles. The summed E-state index contributed by atoms with van der Waals surface area (Å²) < 4.78 is 0. The molecule has 0 heterocycles. The van der Waals surface area contributed by atoms with E-state index in [4.69, 9.17) is 0 Å².